The van der Waals surface area contributed by atoms with Gasteiger partial charge >= 0.3 is 6.18 Å². The standard InChI is InChI=1S/C15H13F3N4O2S.ClH/c1-8-3-2-4-9(7-8)25(23,24)14-11(12(19)15(16,17)18)21-10-5-6-20-13(10)22-14;/h2-7,12H,19H2,1H3,(H,20,22);1H. The number of fused-ring (bicyclic) bond motifs is 1. The van der Waals surface area contributed by atoms with Crippen LogP contribution in [0.4, 0.5) is 13.2 Å². The fraction of sp³-hybridized carbons (Fsp3) is 0.200. The number of halogens is 4. The lowest BCUT2D eigenvalue weighted by molar-refractivity contribution is -0.150. The van der Waals surface area contributed by atoms with E-state index in [4.69, 9.17) is 5.73 Å². The number of sulfone groups is 1. The van der Waals surface area contributed by atoms with Gasteiger partial charge in [-0.1, -0.05) is 12.1 Å². The summed E-state index contributed by atoms with van der Waals surface area (Å²) in [7, 11) is -4.34. The van der Waals surface area contributed by atoms with Gasteiger partial charge < -0.3 is 10.7 Å². The molecule has 26 heavy (non-hydrogen) atoms. The fourth-order valence-corrected chi connectivity index (χ4v) is 3.80. The van der Waals surface area contributed by atoms with Gasteiger partial charge in [0.05, 0.1) is 4.90 Å². The van der Waals surface area contributed by atoms with E-state index >= 15 is 0 Å². The molecular formula is C15H14ClF3N4O2S. The van der Waals surface area contributed by atoms with Gasteiger partial charge in [-0.15, -0.1) is 12.4 Å². The van der Waals surface area contributed by atoms with Crippen molar-refractivity contribution in [3.05, 3.63) is 47.8 Å². The van der Waals surface area contributed by atoms with Crippen LogP contribution in [-0.4, -0.2) is 29.5 Å². The average Bonchev–Trinajstić information content (AvgIpc) is 2.99. The first-order valence-electron chi connectivity index (χ1n) is 7.10. The second kappa shape index (κ2) is 6.86. The molecule has 1 atom stereocenters. The van der Waals surface area contributed by atoms with Gasteiger partial charge in [-0.05, 0) is 30.7 Å². The summed E-state index contributed by atoms with van der Waals surface area (Å²) in [6.45, 7) is 1.67. The number of aryl methyl sites for hydroxylation is 1. The van der Waals surface area contributed by atoms with Crippen molar-refractivity contribution in [2.75, 3.05) is 0 Å². The number of benzene rings is 1. The number of nitrogens with one attached hydrogen (secondary N) is 1. The molecule has 6 nitrogen and oxygen atoms in total. The van der Waals surface area contributed by atoms with Gasteiger partial charge in [-0.3, -0.25) is 0 Å². The Balaban J connectivity index is 0.00000243. The van der Waals surface area contributed by atoms with Crippen LogP contribution in [0.2, 0.25) is 0 Å². The minimum Gasteiger partial charge on any atom is -0.345 e. The first-order chi connectivity index (χ1) is 11.6. The number of aromatic amines is 1. The number of hydrogen-bond donors (Lipinski definition) is 2. The topological polar surface area (TPSA) is 102 Å². The van der Waals surface area contributed by atoms with Crippen molar-refractivity contribution >= 4 is 33.4 Å². The van der Waals surface area contributed by atoms with Crippen LogP contribution < -0.4 is 5.73 Å². The van der Waals surface area contributed by atoms with Gasteiger partial charge in [0.2, 0.25) is 9.84 Å². The van der Waals surface area contributed by atoms with E-state index in [2.05, 4.69) is 15.0 Å². The second-order valence-corrected chi connectivity index (χ2v) is 7.33. The zero-order chi connectivity index (χ0) is 18.4. The van der Waals surface area contributed by atoms with Crippen LogP contribution in [0.15, 0.2) is 46.5 Å². The number of nitrogens with zero attached hydrogens (tertiary/aromatic N) is 2. The van der Waals surface area contributed by atoms with Crippen LogP contribution >= 0.6 is 12.4 Å². The van der Waals surface area contributed by atoms with E-state index in [1.165, 1.54) is 30.5 Å². The van der Waals surface area contributed by atoms with Gasteiger partial charge in [0.15, 0.2) is 10.7 Å². The molecule has 3 N–H and O–H groups in total. The van der Waals surface area contributed by atoms with Crippen LogP contribution in [-0.2, 0) is 9.84 Å². The van der Waals surface area contributed by atoms with Crippen molar-refractivity contribution in [1.29, 1.82) is 0 Å². The van der Waals surface area contributed by atoms with Crippen LogP contribution in [0.5, 0.6) is 0 Å². The van der Waals surface area contributed by atoms with Gasteiger partial charge in [0, 0.05) is 6.20 Å². The third-order valence-corrected chi connectivity index (χ3v) is 5.26. The number of nitrogens with two attached hydrogens (primary N) is 1. The zero-order valence-corrected chi connectivity index (χ0v) is 14.9. The smallest absolute Gasteiger partial charge is 0.345 e. The average molecular weight is 407 g/mol. The fourth-order valence-electron chi connectivity index (χ4n) is 2.32. The SMILES string of the molecule is Cc1cccc(S(=O)(=O)c2nc3[nH]ccc3nc2C(N)C(F)(F)F)c1.Cl. The Bertz CT molecular complexity index is 1050. The molecule has 0 saturated carbocycles. The molecule has 0 spiro atoms. The monoisotopic (exact) mass is 406 g/mol. The molecular weight excluding hydrogens is 393 g/mol. The van der Waals surface area contributed by atoms with Crippen LogP contribution in [0.1, 0.15) is 17.3 Å². The number of H-pyrrole nitrogens is 1. The molecule has 0 aliphatic carbocycles. The normalized spacial score (nSPS) is 13.4. The molecule has 0 fully saturated rings. The summed E-state index contributed by atoms with van der Waals surface area (Å²) in [6, 6.07) is 4.60. The summed E-state index contributed by atoms with van der Waals surface area (Å²) in [5, 5.41) is -0.808. The van der Waals surface area contributed by atoms with Crippen molar-refractivity contribution < 1.29 is 21.6 Å². The maximum Gasteiger partial charge on any atom is 0.409 e. The molecule has 0 aliphatic rings. The summed E-state index contributed by atoms with van der Waals surface area (Å²) < 4.78 is 65.0. The Morgan fingerprint density at radius 2 is 1.88 bits per heavy atom. The van der Waals surface area contributed by atoms with Crippen molar-refractivity contribution in [2.24, 2.45) is 5.73 Å². The van der Waals surface area contributed by atoms with E-state index in [1.807, 2.05) is 0 Å². The first-order valence-corrected chi connectivity index (χ1v) is 8.58. The third kappa shape index (κ3) is 3.53. The van der Waals surface area contributed by atoms with Crippen molar-refractivity contribution in [2.45, 2.75) is 29.1 Å². The lowest BCUT2D eigenvalue weighted by Gasteiger charge is -2.18. The summed E-state index contributed by atoms with van der Waals surface area (Å²) in [5.41, 5.74) is 5.19. The summed E-state index contributed by atoms with van der Waals surface area (Å²) >= 11 is 0. The van der Waals surface area contributed by atoms with E-state index in [-0.39, 0.29) is 28.5 Å². The Hall–Kier alpha value is -2.17. The number of aromatic nitrogens is 3. The molecule has 2 aromatic heterocycles. The Morgan fingerprint density at radius 3 is 2.50 bits per heavy atom. The molecule has 1 unspecified atom stereocenters. The van der Waals surface area contributed by atoms with Gasteiger partial charge in [0.25, 0.3) is 0 Å². The van der Waals surface area contributed by atoms with E-state index in [9.17, 15) is 21.6 Å². The van der Waals surface area contributed by atoms with Crippen LogP contribution in [0, 0.1) is 6.92 Å². The molecule has 0 amide bonds. The third-order valence-electron chi connectivity index (χ3n) is 3.58. The molecule has 3 rings (SSSR count). The van der Waals surface area contributed by atoms with Crippen molar-refractivity contribution in [1.82, 2.24) is 15.0 Å². The predicted molar refractivity (Wildman–Crippen MR) is 90.8 cm³/mol. The summed E-state index contributed by atoms with van der Waals surface area (Å²) in [4.78, 5) is 10.1. The lowest BCUT2D eigenvalue weighted by Crippen LogP contribution is -2.31. The molecule has 0 radical (unpaired) electrons. The predicted octanol–water partition coefficient (Wildman–Crippen LogP) is 3.08. The molecule has 11 heteroatoms. The lowest BCUT2D eigenvalue weighted by atomic mass is 10.2. The van der Waals surface area contributed by atoms with Crippen molar-refractivity contribution in [3.8, 4) is 0 Å². The first kappa shape index (κ1) is 20.1. The Morgan fingerprint density at radius 1 is 1.19 bits per heavy atom. The highest BCUT2D eigenvalue weighted by atomic mass is 35.5. The van der Waals surface area contributed by atoms with Gasteiger partial charge in [-0.25, -0.2) is 18.4 Å². The molecule has 1 aromatic carbocycles. The number of rotatable bonds is 3. The van der Waals surface area contributed by atoms with Gasteiger partial charge in [-0.2, -0.15) is 13.2 Å². The highest BCUT2D eigenvalue weighted by Crippen LogP contribution is 2.34. The molecule has 2 heterocycles. The van der Waals surface area contributed by atoms with Crippen LogP contribution in [0.3, 0.4) is 0 Å². The number of alkyl halides is 3. The maximum absolute atomic E-state index is 13.1. The Labute approximate surface area is 153 Å². The molecule has 0 aliphatic heterocycles. The van der Waals surface area contributed by atoms with Crippen molar-refractivity contribution in [3.63, 3.8) is 0 Å². The highest BCUT2D eigenvalue weighted by Gasteiger charge is 2.43. The van der Waals surface area contributed by atoms with E-state index in [0.717, 1.165) is 0 Å². The van der Waals surface area contributed by atoms with E-state index in [1.54, 1.807) is 13.0 Å². The van der Waals surface area contributed by atoms with Gasteiger partial charge in [0.1, 0.15) is 17.3 Å². The van der Waals surface area contributed by atoms with E-state index in [0.29, 0.717) is 5.56 Å². The largest absolute Gasteiger partial charge is 0.409 e. The molecule has 140 valence electrons. The van der Waals surface area contributed by atoms with Crippen LogP contribution in [0.25, 0.3) is 11.2 Å². The quantitative estimate of drug-likeness (QED) is 0.696. The Kier molecular flexibility index (Phi) is 5.31. The number of hydrogen-bond acceptors (Lipinski definition) is 5. The summed E-state index contributed by atoms with van der Waals surface area (Å²) in [6.07, 6.45) is -3.47. The minimum absolute atomic E-state index is 0. The second-order valence-electron chi connectivity index (χ2n) is 5.46. The minimum atomic E-state index is -4.87. The molecule has 0 saturated heterocycles. The zero-order valence-electron chi connectivity index (χ0n) is 13.3. The molecule has 0 bridgehead atoms. The summed E-state index contributed by atoms with van der Waals surface area (Å²) in [5.74, 6) is 0. The molecule has 3 aromatic rings. The highest BCUT2D eigenvalue weighted by molar-refractivity contribution is 7.91. The van der Waals surface area contributed by atoms with E-state index < -0.39 is 32.8 Å². The maximum atomic E-state index is 13.1.